The molecule has 0 saturated heterocycles. The molecule has 294 valence electrons. The van der Waals surface area contributed by atoms with Gasteiger partial charge in [-0.1, -0.05) is 164 Å². The summed E-state index contributed by atoms with van der Waals surface area (Å²) in [5.74, 6) is 6.65. The van der Waals surface area contributed by atoms with Gasteiger partial charge in [-0.15, -0.1) is 0 Å². The molecular formula is C55H39N7. The summed E-state index contributed by atoms with van der Waals surface area (Å²) in [6.07, 6.45) is 4.17. The molecule has 0 aliphatic heterocycles. The van der Waals surface area contributed by atoms with Crippen LogP contribution in [0.3, 0.4) is 0 Å². The van der Waals surface area contributed by atoms with Gasteiger partial charge in [-0.25, -0.2) is 19.9 Å². The lowest BCUT2D eigenvalue weighted by atomic mass is 9.28. The second-order valence-electron chi connectivity index (χ2n) is 17.3. The van der Waals surface area contributed by atoms with Gasteiger partial charge in [0.05, 0.1) is 11.0 Å². The van der Waals surface area contributed by atoms with Crippen LogP contribution in [0, 0.1) is 17.8 Å². The van der Waals surface area contributed by atoms with Crippen molar-refractivity contribution in [3.05, 3.63) is 188 Å². The van der Waals surface area contributed by atoms with E-state index in [0.29, 0.717) is 40.5 Å². The number of rotatable bonds is 8. The molecule has 7 nitrogen and oxygen atoms in total. The third-order valence-corrected chi connectivity index (χ3v) is 13.9. The molecule has 0 amide bonds. The van der Waals surface area contributed by atoms with E-state index >= 15 is 0 Å². The van der Waals surface area contributed by atoms with E-state index in [9.17, 15) is 0 Å². The number of benzene rings is 7. The fourth-order valence-electron chi connectivity index (χ4n) is 11.0. The van der Waals surface area contributed by atoms with Crippen molar-refractivity contribution in [2.24, 2.45) is 17.8 Å². The first-order valence-corrected chi connectivity index (χ1v) is 21.6. The molecule has 0 bridgehead atoms. The number of hydrogen-bond donors (Lipinski definition) is 0. The highest BCUT2D eigenvalue weighted by atomic mass is 15.2. The second kappa shape index (κ2) is 13.7. The molecule has 2 atom stereocenters. The Morgan fingerprint density at radius 3 is 1.32 bits per heavy atom. The van der Waals surface area contributed by atoms with Gasteiger partial charge >= 0.3 is 0 Å². The van der Waals surface area contributed by atoms with E-state index in [4.69, 9.17) is 29.9 Å². The van der Waals surface area contributed by atoms with E-state index < -0.39 is 0 Å². The zero-order valence-corrected chi connectivity index (χ0v) is 33.8. The molecule has 3 aromatic heterocycles. The highest BCUT2D eigenvalue weighted by Crippen LogP contribution is 2.77. The van der Waals surface area contributed by atoms with E-state index in [1.54, 1.807) is 0 Å². The Morgan fingerprint density at radius 2 is 0.790 bits per heavy atom. The van der Waals surface area contributed by atoms with Gasteiger partial charge in [0.15, 0.2) is 29.1 Å². The topological polar surface area (TPSA) is 82.3 Å². The Labute approximate surface area is 358 Å². The van der Waals surface area contributed by atoms with Gasteiger partial charge in [0.1, 0.15) is 0 Å². The van der Waals surface area contributed by atoms with Crippen LogP contribution in [-0.2, 0) is 5.41 Å². The lowest BCUT2D eigenvalue weighted by molar-refractivity contribution is -0.219. The van der Waals surface area contributed by atoms with Crippen molar-refractivity contribution in [1.82, 2.24) is 34.5 Å². The van der Waals surface area contributed by atoms with E-state index in [1.807, 2.05) is 48.5 Å². The standard InChI is InChI=1S/C55H39N7/c1-3-12-35(13-4-1)49-56-50(38-26-28-43(29-27-38)55-32-41-31-42(33-55)48(41)55)58-53(57-49)40-17-11-16-39(30-40)34-22-24-37(25-23-34)52-59-51(36-14-5-2-6-15-36)60-54(61-52)62-46-20-9-7-18-44(46)45-19-8-10-21-47(45)62/h1-30,41-42,48H,31-33H2. The van der Waals surface area contributed by atoms with Crippen LogP contribution in [0.15, 0.2) is 182 Å². The first-order valence-electron chi connectivity index (χ1n) is 21.6. The van der Waals surface area contributed by atoms with Crippen LogP contribution in [0.1, 0.15) is 24.8 Å². The summed E-state index contributed by atoms with van der Waals surface area (Å²) in [6.45, 7) is 0. The highest BCUT2D eigenvalue weighted by Gasteiger charge is 2.71. The summed E-state index contributed by atoms with van der Waals surface area (Å²) >= 11 is 0. The Kier molecular flexibility index (Phi) is 7.76. The molecule has 7 aromatic carbocycles. The average molecular weight is 798 g/mol. The molecule has 7 heteroatoms. The van der Waals surface area contributed by atoms with Crippen molar-refractivity contribution in [2.75, 3.05) is 0 Å². The average Bonchev–Trinajstić information content (AvgIpc) is 3.68. The number of aromatic nitrogens is 7. The van der Waals surface area contributed by atoms with Gasteiger partial charge in [-0.05, 0) is 77.3 Å². The largest absolute Gasteiger partial charge is 0.278 e. The molecule has 3 aliphatic carbocycles. The summed E-state index contributed by atoms with van der Waals surface area (Å²) in [7, 11) is 0. The maximum atomic E-state index is 5.15. The minimum atomic E-state index is 0.428. The van der Waals surface area contributed by atoms with Crippen molar-refractivity contribution in [2.45, 2.75) is 24.7 Å². The van der Waals surface area contributed by atoms with Crippen molar-refractivity contribution in [3.63, 3.8) is 0 Å². The summed E-state index contributed by atoms with van der Waals surface area (Å²) in [5, 5.41) is 2.31. The van der Waals surface area contributed by atoms with Crippen LogP contribution in [0.5, 0.6) is 0 Å². The summed E-state index contributed by atoms with van der Waals surface area (Å²) in [5.41, 5.74) is 10.8. The van der Waals surface area contributed by atoms with Crippen LogP contribution in [0.4, 0.5) is 0 Å². The number of fused-ring (bicyclic) bond motifs is 3. The van der Waals surface area contributed by atoms with E-state index in [0.717, 1.165) is 78.5 Å². The number of para-hydroxylation sites is 2. The molecule has 3 aliphatic rings. The number of nitrogens with zero attached hydrogens (tertiary/aromatic N) is 7. The molecule has 3 heterocycles. The molecule has 13 rings (SSSR count). The normalized spacial score (nSPS) is 19.6. The zero-order valence-electron chi connectivity index (χ0n) is 33.8. The molecule has 3 fully saturated rings. The first kappa shape index (κ1) is 35.1. The molecule has 0 spiro atoms. The predicted molar refractivity (Wildman–Crippen MR) is 246 cm³/mol. The van der Waals surface area contributed by atoms with Crippen LogP contribution < -0.4 is 0 Å². The minimum Gasteiger partial charge on any atom is -0.278 e. The van der Waals surface area contributed by atoms with Gasteiger partial charge in [0, 0.05) is 38.6 Å². The van der Waals surface area contributed by atoms with Gasteiger partial charge in [-0.3, -0.25) is 4.57 Å². The molecule has 0 N–H and O–H groups in total. The van der Waals surface area contributed by atoms with E-state index in [2.05, 4.69) is 138 Å². The van der Waals surface area contributed by atoms with E-state index in [1.165, 1.54) is 24.8 Å². The molecule has 62 heavy (non-hydrogen) atoms. The molecular weight excluding hydrogens is 759 g/mol. The Balaban J connectivity index is 0.860. The predicted octanol–water partition coefficient (Wildman–Crippen LogP) is 12.5. The maximum absolute atomic E-state index is 5.15. The smallest absolute Gasteiger partial charge is 0.238 e. The third-order valence-electron chi connectivity index (χ3n) is 13.9. The molecule has 0 radical (unpaired) electrons. The van der Waals surface area contributed by atoms with Gasteiger partial charge in [0.25, 0.3) is 0 Å². The van der Waals surface area contributed by atoms with Crippen molar-refractivity contribution >= 4 is 21.8 Å². The summed E-state index contributed by atoms with van der Waals surface area (Å²) in [4.78, 5) is 30.5. The van der Waals surface area contributed by atoms with Crippen LogP contribution in [-0.4, -0.2) is 34.5 Å². The monoisotopic (exact) mass is 797 g/mol. The first-order chi connectivity index (χ1) is 30.6. The Morgan fingerprint density at radius 1 is 0.371 bits per heavy atom. The fraction of sp³-hybridized carbons (Fsp3) is 0.127. The third kappa shape index (κ3) is 5.51. The maximum Gasteiger partial charge on any atom is 0.238 e. The highest BCUT2D eigenvalue weighted by molar-refractivity contribution is 6.09. The second-order valence-corrected chi connectivity index (χ2v) is 17.3. The fourth-order valence-corrected chi connectivity index (χ4v) is 11.0. The molecule has 2 unspecified atom stereocenters. The van der Waals surface area contributed by atoms with Crippen molar-refractivity contribution in [3.8, 4) is 74.0 Å². The van der Waals surface area contributed by atoms with Crippen LogP contribution in [0.25, 0.3) is 95.8 Å². The van der Waals surface area contributed by atoms with E-state index in [-0.39, 0.29) is 0 Å². The molecule has 3 saturated carbocycles. The lowest BCUT2D eigenvalue weighted by Gasteiger charge is -2.76. The minimum absolute atomic E-state index is 0.428. The van der Waals surface area contributed by atoms with Gasteiger partial charge in [0.2, 0.25) is 5.95 Å². The van der Waals surface area contributed by atoms with Crippen molar-refractivity contribution in [1.29, 1.82) is 0 Å². The number of hydrogen-bond acceptors (Lipinski definition) is 6. The van der Waals surface area contributed by atoms with Gasteiger partial charge < -0.3 is 0 Å². The lowest BCUT2D eigenvalue weighted by Crippen LogP contribution is -2.71. The van der Waals surface area contributed by atoms with Crippen LogP contribution >= 0.6 is 0 Å². The van der Waals surface area contributed by atoms with Crippen molar-refractivity contribution < 1.29 is 0 Å². The Bertz CT molecular complexity index is 3280. The quantitative estimate of drug-likeness (QED) is 0.152. The zero-order chi connectivity index (χ0) is 40.8. The summed E-state index contributed by atoms with van der Waals surface area (Å²) in [6, 6.07) is 63.2. The van der Waals surface area contributed by atoms with Crippen LogP contribution in [0.2, 0.25) is 0 Å². The Hall–Kier alpha value is -7.64. The van der Waals surface area contributed by atoms with Gasteiger partial charge in [-0.2, -0.15) is 9.97 Å². The molecule has 10 aromatic rings. The SMILES string of the molecule is c1ccc(-c2nc(-c3ccc(C45CC6CC(C4)C65)cc3)nc(-c3cccc(-c4ccc(-c5nc(-c6ccccc6)nc(-n6c7ccccc7c7ccccc76)n5)cc4)c3)n2)cc1. The summed E-state index contributed by atoms with van der Waals surface area (Å²) < 4.78 is 2.15.